The van der Waals surface area contributed by atoms with E-state index in [9.17, 15) is 0 Å². The van der Waals surface area contributed by atoms with Crippen molar-refractivity contribution in [3.05, 3.63) is 24.2 Å². The van der Waals surface area contributed by atoms with Gasteiger partial charge in [0.15, 0.2) is 5.96 Å². The summed E-state index contributed by atoms with van der Waals surface area (Å²) in [4.78, 5) is 7.57. The lowest BCUT2D eigenvalue weighted by Crippen LogP contribution is -2.51. The van der Waals surface area contributed by atoms with Crippen molar-refractivity contribution >= 4 is 5.96 Å². The van der Waals surface area contributed by atoms with Crippen molar-refractivity contribution < 1.29 is 9.15 Å². The van der Waals surface area contributed by atoms with Gasteiger partial charge >= 0.3 is 0 Å². The van der Waals surface area contributed by atoms with Crippen LogP contribution in [0.2, 0.25) is 0 Å². The molecule has 6 heteroatoms. The number of hydrogen-bond acceptors (Lipinski definition) is 4. The summed E-state index contributed by atoms with van der Waals surface area (Å²) in [6.45, 7) is 7.16. The quantitative estimate of drug-likeness (QED) is 0.541. The van der Waals surface area contributed by atoms with Crippen LogP contribution in [0.5, 0.6) is 0 Å². The highest BCUT2D eigenvalue weighted by atomic mass is 16.5. The first-order valence-corrected chi connectivity index (χ1v) is 11.7. The summed E-state index contributed by atoms with van der Waals surface area (Å²) in [5, 5.41) is 7.31. The highest BCUT2D eigenvalue weighted by molar-refractivity contribution is 5.80. The summed E-state index contributed by atoms with van der Waals surface area (Å²) in [7, 11) is 0. The number of guanidine groups is 1. The number of furan rings is 1. The summed E-state index contributed by atoms with van der Waals surface area (Å²) in [6.07, 6.45) is 12.4. The first kappa shape index (κ1) is 20.7. The number of nitrogens with zero attached hydrogens (tertiary/aromatic N) is 2. The van der Waals surface area contributed by atoms with Gasteiger partial charge in [-0.25, -0.2) is 0 Å². The van der Waals surface area contributed by atoms with E-state index in [-0.39, 0.29) is 5.60 Å². The lowest BCUT2D eigenvalue weighted by atomic mass is 9.89. The lowest BCUT2D eigenvalue weighted by molar-refractivity contribution is -0.0815. The number of aliphatic imine (C=N–C) groups is 1. The molecule has 1 saturated carbocycles. The zero-order chi connectivity index (χ0) is 19.9. The molecule has 0 amide bonds. The van der Waals surface area contributed by atoms with E-state index >= 15 is 0 Å². The Labute approximate surface area is 175 Å². The fraction of sp³-hybridized carbons (Fsp3) is 0.783. The van der Waals surface area contributed by atoms with Gasteiger partial charge in [-0.3, -0.25) is 9.89 Å². The van der Waals surface area contributed by atoms with Gasteiger partial charge in [-0.1, -0.05) is 19.8 Å². The predicted molar refractivity (Wildman–Crippen MR) is 116 cm³/mol. The Kier molecular flexibility index (Phi) is 7.14. The predicted octanol–water partition coefficient (Wildman–Crippen LogP) is 3.33. The summed E-state index contributed by atoms with van der Waals surface area (Å²) in [5.74, 6) is 1.97. The van der Waals surface area contributed by atoms with Crippen molar-refractivity contribution in [2.75, 3.05) is 32.8 Å². The minimum absolute atomic E-state index is 0.125. The van der Waals surface area contributed by atoms with Crippen LogP contribution in [-0.2, 0) is 11.2 Å². The minimum atomic E-state index is 0.125. The molecular weight excluding hydrogens is 364 g/mol. The van der Waals surface area contributed by atoms with Crippen LogP contribution in [0.15, 0.2) is 27.8 Å². The third-order valence-corrected chi connectivity index (χ3v) is 6.96. The van der Waals surface area contributed by atoms with Gasteiger partial charge in [-0.15, -0.1) is 0 Å². The maximum absolute atomic E-state index is 6.22. The first-order chi connectivity index (χ1) is 14.3. The molecule has 2 saturated heterocycles. The van der Waals surface area contributed by atoms with E-state index in [4.69, 9.17) is 14.1 Å². The third kappa shape index (κ3) is 5.54. The van der Waals surface area contributed by atoms with Crippen molar-refractivity contribution in [1.29, 1.82) is 0 Å². The summed E-state index contributed by atoms with van der Waals surface area (Å²) >= 11 is 0. The number of nitrogens with one attached hydrogen (secondary N) is 2. The highest BCUT2D eigenvalue weighted by Crippen LogP contribution is 2.39. The summed E-state index contributed by atoms with van der Waals surface area (Å²) < 4.78 is 11.7. The second kappa shape index (κ2) is 9.98. The molecule has 1 aromatic heterocycles. The molecule has 4 rings (SSSR count). The number of likely N-dealkylation sites (N-methyl/N-ethyl adjacent to an activating group) is 1. The van der Waals surface area contributed by atoms with Crippen LogP contribution in [0, 0.1) is 0 Å². The largest absolute Gasteiger partial charge is 0.469 e. The van der Waals surface area contributed by atoms with E-state index in [1.165, 1.54) is 45.1 Å². The van der Waals surface area contributed by atoms with Crippen molar-refractivity contribution in [2.45, 2.75) is 82.4 Å². The highest BCUT2D eigenvalue weighted by Gasteiger charge is 2.40. The number of likely N-dealkylation sites (tertiary alicyclic amines) is 1. The van der Waals surface area contributed by atoms with Crippen LogP contribution in [0.3, 0.4) is 0 Å². The molecule has 2 N–H and O–H groups in total. The summed E-state index contributed by atoms with van der Waals surface area (Å²) in [6, 6.07) is 5.01. The average molecular weight is 403 g/mol. The molecule has 2 atom stereocenters. The Morgan fingerprint density at radius 1 is 1.28 bits per heavy atom. The smallest absolute Gasteiger partial charge is 0.191 e. The molecule has 162 valence electrons. The normalized spacial score (nSPS) is 27.6. The molecule has 2 aliphatic heterocycles. The molecule has 29 heavy (non-hydrogen) atoms. The van der Waals surface area contributed by atoms with E-state index < -0.39 is 0 Å². The SMILES string of the molecule is CCN1CCCC1CN=C(NCCc1ccco1)NC1CCOC2(CCCC2)C1. The van der Waals surface area contributed by atoms with Gasteiger partial charge in [-0.05, 0) is 63.7 Å². The van der Waals surface area contributed by atoms with Crippen molar-refractivity contribution in [3.8, 4) is 0 Å². The molecule has 3 fully saturated rings. The van der Waals surface area contributed by atoms with Gasteiger partial charge in [0.25, 0.3) is 0 Å². The zero-order valence-corrected chi connectivity index (χ0v) is 18.0. The Morgan fingerprint density at radius 3 is 2.97 bits per heavy atom. The molecule has 1 spiro atoms. The Morgan fingerprint density at radius 2 is 2.17 bits per heavy atom. The van der Waals surface area contributed by atoms with Crippen LogP contribution < -0.4 is 10.6 Å². The van der Waals surface area contributed by atoms with Crippen LogP contribution in [0.1, 0.15) is 64.1 Å². The van der Waals surface area contributed by atoms with Gasteiger partial charge in [0.1, 0.15) is 5.76 Å². The molecular formula is C23H38N4O2. The Balaban J connectivity index is 1.35. The van der Waals surface area contributed by atoms with Gasteiger partial charge in [0.2, 0.25) is 0 Å². The van der Waals surface area contributed by atoms with E-state index in [0.717, 1.165) is 57.2 Å². The molecule has 1 aromatic rings. The van der Waals surface area contributed by atoms with E-state index in [0.29, 0.717) is 12.1 Å². The Bertz CT molecular complexity index is 639. The summed E-state index contributed by atoms with van der Waals surface area (Å²) in [5.41, 5.74) is 0.125. The van der Waals surface area contributed by atoms with Crippen molar-refractivity contribution in [1.82, 2.24) is 15.5 Å². The van der Waals surface area contributed by atoms with E-state index in [2.05, 4.69) is 22.5 Å². The second-order valence-corrected chi connectivity index (χ2v) is 8.94. The Hall–Kier alpha value is -1.53. The lowest BCUT2D eigenvalue weighted by Gasteiger charge is -2.39. The molecule has 0 bridgehead atoms. The zero-order valence-electron chi connectivity index (χ0n) is 18.0. The van der Waals surface area contributed by atoms with Crippen LogP contribution in [0.4, 0.5) is 0 Å². The monoisotopic (exact) mass is 402 g/mol. The van der Waals surface area contributed by atoms with Crippen LogP contribution in [0.25, 0.3) is 0 Å². The molecule has 0 radical (unpaired) electrons. The number of ether oxygens (including phenoxy) is 1. The standard InChI is InChI=1S/C23H38N4O2/c1-2-27-14-5-7-20(27)18-25-22(24-13-9-21-8-6-15-28-21)26-19-10-16-29-23(17-19)11-3-4-12-23/h6,8,15,19-20H,2-5,7,9-14,16-18H2,1H3,(H2,24,25,26). The van der Waals surface area contributed by atoms with Gasteiger partial charge < -0.3 is 19.8 Å². The van der Waals surface area contributed by atoms with Gasteiger partial charge in [0.05, 0.1) is 18.4 Å². The van der Waals surface area contributed by atoms with E-state index in [1.54, 1.807) is 6.26 Å². The molecule has 2 unspecified atom stereocenters. The fourth-order valence-electron chi connectivity index (χ4n) is 5.34. The topological polar surface area (TPSA) is 62.0 Å². The maximum Gasteiger partial charge on any atom is 0.191 e. The number of rotatable bonds is 7. The van der Waals surface area contributed by atoms with Crippen molar-refractivity contribution in [2.24, 2.45) is 4.99 Å². The molecule has 3 heterocycles. The minimum Gasteiger partial charge on any atom is -0.469 e. The van der Waals surface area contributed by atoms with Gasteiger partial charge in [0, 0.05) is 31.7 Å². The average Bonchev–Trinajstić information content (AvgIpc) is 3.48. The van der Waals surface area contributed by atoms with E-state index in [1.807, 2.05) is 12.1 Å². The fourth-order valence-corrected chi connectivity index (χ4v) is 5.34. The van der Waals surface area contributed by atoms with Crippen molar-refractivity contribution in [3.63, 3.8) is 0 Å². The second-order valence-electron chi connectivity index (χ2n) is 8.94. The van der Waals surface area contributed by atoms with Crippen LogP contribution >= 0.6 is 0 Å². The molecule has 0 aromatic carbocycles. The number of hydrogen-bond donors (Lipinski definition) is 2. The van der Waals surface area contributed by atoms with Crippen LogP contribution in [-0.4, -0.2) is 61.3 Å². The third-order valence-electron chi connectivity index (χ3n) is 6.96. The maximum atomic E-state index is 6.22. The van der Waals surface area contributed by atoms with Gasteiger partial charge in [-0.2, -0.15) is 0 Å². The molecule has 3 aliphatic rings. The molecule has 6 nitrogen and oxygen atoms in total. The molecule has 1 aliphatic carbocycles. The first-order valence-electron chi connectivity index (χ1n) is 11.7.